The maximum Gasteiger partial charge on any atom is 0.312 e. The van der Waals surface area contributed by atoms with Gasteiger partial charge in [0.05, 0.1) is 11.1 Å². The van der Waals surface area contributed by atoms with E-state index in [0.29, 0.717) is 12.3 Å². The molecular weight excluding hydrogens is 446 g/mol. The van der Waals surface area contributed by atoms with Gasteiger partial charge in [0.25, 0.3) is 5.91 Å². The van der Waals surface area contributed by atoms with E-state index in [-0.39, 0.29) is 11.4 Å². The zero-order valence-corrected chi connectivity index (χ0v) is 19.6. The fraction of sp³-hybridized carbons (Fsp3) is 0.192. The topological polar surface area (TPSA) is 112 Å². The number of fused-ring (bicyclic) bond motifs is 1. The van der Waals surface area contributed by atoms with Crippen LogP contribution in [-0.2, 0) is 11.4 Å². The molecule has 0 fully saturated rings. The lowest BCUT2D eigenvalue weighted by Crippen LogP contribution is -2.28. The Hall–Kier alpha value is -4.53. The monoisotopic (exact) mass is 471 g/mol. The van der Waals surface area contributed by atoms with Crippen LogP contribution in [0.25, 0.3) is 10.8 Å². The van der Waals surface area contributed by atoms with Crippen molar-refractivity contribution in [3.05, 3.63) is 99.4 Å². The van der Waals surface area contributed by atoms with Gasteiger partial charge in [-0.3, -0.25) is 19.6 Å². The molecule has 1 aromatic heterocycles. The largest absolute Gasteiger partial charge is 0.489 e. The second-order valence-corrected chi connectivity index (χ2v) is 8.13. The van der Waals surface area contributed by atoms with Crippen molar-refractivity contribution < 1.29 is 14.5 Å². The van der Waals surface area contributed by atoms with E-state index in [1.54, 1.807) is 20.8 Å². The first-order valence-corrected chi connectivity index (χ1v) is 11.1. The number of nitrogens with zero attached hydrogens (tertiary/aromatic N) is 4. The highest BCUT2D eigenvalue weighted by Gasteiger charge is 2.26. The molecule has 9 nitrogen and oxygen atoms in total. The van der Waals surface area contributed by atoms with Gasteiger partial charge in [0.1, 0.15) is 29.8 Å². The number of nitrogens with one attached hydrogen (secondary N) is 1. The molecule has 9 heteroatoms. The van der Waals surface area contributed by atoms with Crippen LogP contribution in [0, 0.1) is 24.0 Å². The lowest BCUT2D eigenvalue weighted by molar-refractivity contribution is -0.386. The fourth-order valence-electron chi connectivity index (χ4n) is 3.90. The highest BCUT2D eigenvalue weighted by atomic mass is 16.6. The van der Waals surface area contributed by atoms with E-state index in [0.717, 1.165) is 16.9 Å². The third-order valence-electron chi connectivity index (χ3n) is 5.76. The lowest BCUT2D eigenvalue weighted by Gasteiger charge is -2.11. The van der Waals surface area contributed by atoms with Gasteiger partial charge >= 0.3 is 5.69 Å². The van der Waals surface area contributed by atoms with Crippen LogP contribution in [-0.4, -0.2) is 26.8 Å². The molecule has 1 amide bonds. The number of aryl methyl sites for hydroxylation is 1. The average molecular weight is 472 g/mol. The number of aromatic nitrogens is 2. The van der Waals surface area contributed by atoms with Gasteiger partial charge in [0.15, 0.2) is 0 Å². The van der Waals surface area contributed by atoms with Crippen LogP contribution in [0.15, 0.2) is 71.8 Å². The Bertz CT molecular complexity index is 1400. The van der Waals surface area contributed by atoms with Gasteiger partial charge in [0.2, 0.25) is 0 Å². The molecule has 0 aliphatic carbocycles. The number of ether oxygens (including phenoxy) is 1. The number of hydrogen-bond acceptors (Lipinski definition) is 6. The second kappa shape index (κ2) is 10.2. The molecule has 3 aromatic carbocycles. The molecule has 1 unspecified atom stereocenters. The molecule has 4 rings (SSSR count). The molecule has 0 aliphatic heterocycles. The second-order valence-electron chi connectivity index (χ2n) is 8.13. The van der Waals surface area contributed by atoms with Crippen LogP contribution >= 0.6 is 0 Å². The van der Waals surface area contributed by atoms with Gasteiger partial charge in [-0.05, 0) is 66.9 Å². The van der Waals surface area contributed by atoms with Crippen LogP contribution in [0.4, 0.5) is 5.69 Å². The van der Waals surface area contributed by atoms with E-state index in [1.807, 2.05) is 42.5 Å². The van der Waals surface area contributed by atoms with Crippen molar-refractivity contribution in [3.8, 4) is 5.75 Å². The summed E-state index contributed by atoms with van der Waals surface area (Å²) in [6.45, 7) is 5.16. The molecule has 4 aromatic rings. The van der Waals surface area contributed by atoms with E-state index in [1.165, 1.54) is 21.7 Å². The van der Waals surface area contributed by atoms with Gasteiger partial charge in [-0.1, -0.05) is 42.5 Å². The first kappa shape index (κ1) is 23.6. The van der Waals surface area contributed by atoms with Gasteiger partial charge in [-0.2, -0.15) is 10.2 Å². The van der Waals surface area contributed by atoms with E-state index >= 15 is 0 Å². The minimum Gasteiger partial charge on any atom is -0.489 e. The minimum atomic E-state index is -0.760. The van der Waals surface area contributed by atoms with Gasteiger partial charge in [-0.15, -0.1) is 0 Å². The number of amides is 1. The zero-order chi connectivity index (χ0) is 24.9. The molecule has 1 atom stereocenters. The summed E-state index contributed by atoms with van der Waals surface area (Å²) < 4.78 is 7.28. The number of nitro groups is 1. The number of rotatable bonds is 8. The summed E-state index contributed by atoms with van der Waals surface area (Å²) in [5.41, 5.74) is 4.84. The normalized spacial score (nSPS) is 12.1. The van der Waals surface area contributed by atoms with Crippen molar-refractivity contribution >= 4 is 28.6 Å². The van der Waals surface area contributed by atoms with Crippen molar-refractivity contribution in [2.24, 2.45) is 5.10 Å². The molecule has 0 spiro atoms. The summed E-state index contributed by atoms with van der Waals surface area (Å²) >= 11 is 0. The maximum absolute atomic E-state index is 12.5. The SMILES string of the molecule is Cc1nn(C(C)C(=O)N/N=C/c2ccc(OCc3cccc4ccccc34)cc2)c(C)c1[N+](=O)[O-]. The third-order valence-corrected chi connectivity index (χ3v) is 5.76. The van der Waals surface area contributed by atoms with E-state index in [4.69, 9.17) is 4.74 Å². The molecule has 0 saturated heterocycles. The van der Waals surface area contributed by atoms with Crippen molar-refractivity contribution in [3.63, 3.8) is 0 Å². The molecule has 178 valence electrons. The van der Waals surface area contributed by atoms with E-state index in [9.17, 15) is 14.9 Å². The van der Waals surface area contributed by atoms with Crippen molar-refractivity contribution in [1.82, 2.24) is 15.2 Å². The number of carbonyl (C=O) groups excluding carboxylic acids is 1. The Morgan fingerprint density at radius 1 is 1.14 bits per heavy atom. The standard InChI is InChI=1S/C26H25N5O4/c1-17-25(31(33)34)18(2)30(29-17)19(3)26(32)28-27-15-20-11-13-23(14-12-20)35-16-22-9-6-8-21-7-4-5-10-24(21)22/h4-15,19H,16H2,1-3H3,(H,28,32)/b27-15+. The van der Waals surface area contributed by atoms with Crippen molar-refractivity contribution in [1.29, 1.82) is 0 Å². The quantitative estimate of drug-likeness (QED) is 0.224. The Morgan fingerprint density at radius 2 is 1.86 bits per heavy atom. The Morgan fingerprint density at radius 3 is 2.57 bits per heavy atom. The highest BCUT2D eigenvalue weighted by Crippen LogP contribution is 2.25. The van der Waals surface area contributed by atoms with Gasteiger partial charge in [-0.25, -0.2) is 5.43 Å². The summed E-state index contributed by atoms with van der Waals surface area (Å²) in [5.74, 6) is 0.288. The molecule has 0 saturated carbocycles. The third kappa shape index (κ3) is 5.19. The average Bonchev–Trinajstić information content (AvgIpc) is 3.16. The summed E-state index contributed by atoms with van der Waals surface area (Å²) in [5, 5.41) is 21.7. The summed E-state index contributed by atoms with van der Waals surface area (Å²) in [4.78, 5) is 23.2. The van der Waals surface area contributed by atoms with Crippen LogP contribution in [0.2, 0.25) is 0 Å². The molecule has 0 aliphatic rings. The van der Waals surface area contributed by atoms with Crippen LogP contribution in [0.3, 0.4) is 0 Å². The van der Waals surface area contributed by atoms with E-state index in [2.05, 4.69) is 39.9 Å². The lowest BCUT2D eigenvalue weighted by atomic mass is 10.1. The number of hydrogen-bond donors (Lipinski definition) is 1. The predicted molar refractivity (Wildman–Crippen MR) is 134 cm³/mol. The smallest absolute Gasteiger partial charge is 0.312 e. The minimum absolute atomic E-state index is 0.0871. The summed E-state index contributed by atoms with van der Waals surface area (Å²) in [7, 11) is 0. The Balaban J connectivity index is 1.34. The molecule has 0 radical (unpaired) electrons. The molecule has 35 heavy (non-hydrogen) atoms. The predicted octanol–water partition coefficient (Wildman–Crippen LogP) is 4.85. The zero-order valence-electron chi connectivity index (χ0n) is 19.6. The molecular formula is C26H25N5O4. The highest BCUT2D eigenvalue weighted by molar-refractivity contribution is 5.86. The molecule has 1 heterocycles. The van der Waals surface area contributed by atoms with Crippen molar-refractivity contribution in [2.75, 3.05) is 0 Å². The summed E-state index contributed by atoms with van der Waals surface area (Å²) in [6.07, 6.45) is 1.52. The van der Waals surface area contributed by atoms with Crippen LogP contribution < -0.4 is 10.2 Å². The first-order chi connectivity index (χ1) is 16.8. The van der Waals surface area contributed by atoms with Crippen LogP contribution in [0.1, 0.15) is 35.5 Å². The molecule has 1 N–H and O–H groups in total. The van der Waals surface area contributed by atoms with Crippen molar-refractivity contribution in [2.45, 2.75) is 33.4 Å². The summed E-state index contributed by atoms with van der Waals surface area (Å²) in [6, 6.07) is 20.9. The Kier molecular flexibility index (Phi) is 6.86. The van der Waals surface area contributed by atoms with Crippen LogP contribution in [0.5, 0.6) is 5.75 Å². The number of carbonyl (C=O) groups is 1. The van der Waals surface area contributed by atoms with Gasteiger partial charge in [0, 0.05) is 0 Å². The van der Waals surface area contributed by atoms with Gasteiger partial charge < -0.3 is 4.74 Å². The number of benzene rings is 3. The molecule has 0 bridgehead atoms. The fourth-order valence-corrected chi connectivity index (χ4v) is 3.90. The maximum atomic E-state index is 12.5. The Labute approximate surface area is 202 Å². The number of hydrazone groups is 1. The van der Waals surface area contributed by atoms with E-state index < -0.39 is 16.9 Å². The first-order valence-electron chi connectivity index (χ1n) is 11.1.